The lowest BCUT2D eigenvalue weighted by molar-refractivity contribution is -0.117. The molecular weight excluding hydrogens is 446 g/mol. The van der Waals surface area contributed by atoms with Gasteiger partial charge in [0.25, 0.3) is 5.91 Å². The highest BCUT2D eigenvalue weighted by molar-refractivity contribution is 6.02. The fourth-order valence-corrected chi connectivity index (χ4v) is 4.17. The van der Waals surface area contributed by atoms with E-state index in [0.29, 0.717) is 6.61 Å². The molecule has 0 saturated carbocycles. The van der Waals surface area contributed by atoms with Crippen LogP contribution in [0.1, 0.15) is 41.0 Å². The van der Waals surface area contributed by atoms with Crippen LogP contribution in [-0.4, -0.2) is 10.5 Å². The highest BCUT2D eigenvalue weighted by atomic mass is 16.5. The molecule has 1 atom stereocenters. The van der Waals surface area contributed by atoms with E-state index in [1.165, 1.54) is 0 Å². The van der Waals surface area contributed by atoms with Gasteiger partial charge in [-0.05, 0) is 73.9 Å². The average molecular weight is 476 g/mol. The van der Waals surface area contributed by atoms with Gasteiger partial charge in [-0.25, -0.2) is 0 Å². The number of carbonyl (C=O) groups excluding carboxylic acids is 1. The quantitative estimate of drug-likeness (QED) is 0.235. The standard InChI is InChI=1S/C31H29N3O2/c1-22-18-27(19-28(20-32)31(35)33-23(2)26-12-8-5-9-13-26)24(3)34(22)29-14-16-30(17-15-29)36-21-25-10-6-4-7-11-25/h4-19,23H,21H2,1-3H3,(H,33,35)/b28-19-/t23-/m1/s1. The van der Waals surface area contributed by atoms with E-state index in [4.69, 9.17) is 4.74 Å². The molecule has 0 aliphatic carbocycles. The third kappa shape index (κ3) is 5.73. The van der Waals surface area contributed by atoms with E-state index >= 15 is 0 Å². The Hall–Kier alpha value is -4.56. The summed E-state index contributed by atoms with van der Waals surface area (Å²) in [4.78, 5) is 12.8. The van der Waals surface area contributed by atoms with Crippen LogP contribution in [0.4, 0.5) is 0 Å². The lowest BCUT2D eigenvalue weighted by atomic mass is 10.1. The van der Waals surface area contributed by atoms with Gasteiger partial charge < -0.3 is 14.6 Å². The van der Waals surface area contributed by atoms with Gasteiger partial charge in [0, 0.05) is 17.1 Å². The molecule has 1 aromatic heterocycles. The van der Waals surface area contributed by atoms with E-state index in [2.05, 4.69) is 16.0 Å². The van der Waals surface area contributed by atoms with Crippen molar-refractivity contribution in [3.63, 3.8) is 0 Å². The molecule has 0 spiro atoms. The Morgan fingerprint density at radius 2 is 1.64 bits per heavy atom. The number of hydrogen-bond acceptors (Lipinski definition) is 3. The summed E-state index contributed by atoms with van der Waals surface area (Å²) in [5.41, 5.74) is 5.94. The van der Waals surface area contributed by atoms with Crippen LogP contribution in [0.25, 0.3) is 11.8 Å². The second-order valence-corrected chi connectivity index (χ2v) is 8.71. The molecule has 5 heteroatoms. The molecule has 4 rings (SSSR count). The zero-order chi connectivity index (χ0) is 25.5. The lowest BCUT2D eigenvalue weighted by Crippen LogP contribution is -2.27. The van der Waals surface area contributed by atoms with Gasteiger partial charge in [0.1, 0.15) is 24.0 Å². The van der Waals surface area contributed by atoms with Gasteiger partial charge in [-0.3, -0.25) is 4.79 Å². The van der Waals surface area contributed by atoms with Gasteiger partial charge in [-0.2, -0.15) is 5.26 Å². The Morgan fingerprint density at radius 3 is 2.28 bits per heavy atom. The predicted molar refractivity (Wildman–Crippen MR) is 143 cm³/mol. The third-order valence-corrected chi connectivity index (χ3v) is 6.13. The number of carbonyl (C=O) groups is 1. The van der Waals surface area contributed by atoms with Crippen molar-refractivity contribution in [3.8, 4) is 17.5 Å². The Bertz CT molecular complexity index is 1400. The molecule has 1 N–H and O–H groups in total. The highest BCUT2D eigenvalue weighted by Crippen LogP contribution is 2.25. The SMILES string of the molecule is Cc1cc(/C=C(/C#N)C(=O)N[C@H](C)c2ccccc2)c(C)n1-c1ccc(OCc2ccccc2)cc1. The summed E-state index contributed by atoms with van der Waals surface area (Å²) in [5, 5.41) is 12.6. The molecule has 4 aromatic rings. The molecule has 1 heterocycles. The van der Waals surface area contributed by atoms with Crippen molar-refractivity contribution in [2.45, 2.75) is 33.4 Å². The highest BCUT2D eigenvalue weighted by Gasteiger charge is 2.16. The van der Waals surface area contributed by atoms with Gasteiger partial charge in [0.05, 0.1) is 6.04 Å². The number of benzene rings is 3. The van der Waals surface area contributed by atoms with Crippen LogP contribution in [0.15, 0.2) is 96.6 Å². The second-order valence-electron chi connectivity index (χ2n) is 8.71. The molecule has 0 saturated heterocycles. The van der Waals surface area contributed by atoms with Crippen LogP contribution in [0, 0.1) is 25.2 Å². The Labute approximate surface area is 212 Å². The molecule has 180 valence electrons. The smallest absolute Gasteiger partial charge is 0.262 e. The normalized spacial score (nSPS) is 12.0. The number of amides is 1. The number of hydrogen-bond donors (Lipinski definition) is 1. The monoisotopic (exact) mass is 475 g/mol. The lowest BCUT2D eigenvalue weighted by Gasteiger charge is -2.14. The van der Waals surface area contributed by atoms with Crippen LogP contribution in [-0.2, 0) is 11.4 Å². The van der Waals surface area contributed by atoms with Crippen molar-refractivity contribution in [3.05, 3.63) is 125 Å². The van der Waals surface area contributed by atoms with Crippen molar-refractivity contribution < 1.29 is 9.53 Å². The van der Waals surface area contributed by atoms with Crippen molar-refractivity contribution >= 4 is 12.0 Å². The van der Waals surface area contributed by atoms with Crippen LogP contribution in [0.3, 0.4) is 0 Å². The topological polar surface area (TPSA) is 67.0 Å². The summed E-state index contributed by atoms with van der Waals surface area (Å²) in [6.07, 6.45) is 1.66. The molecule has 36 heavy (non-hydrogen) atoms. The number of aromatic nitrogens is 1. The molecule has 0 bridgehead atoms. The molecule has 0 aliphatic rings. The first kappa shape index (κ1) is 24.6. The van der Waals surface area contributed by atoms with Crippen LogP contribution in [0.2, 0.25) is 0 Å². The Kier molecular flexibility index (Phi) is 7.67. The van der Waals surface area contributed by atoms with E-state index in [1.54, 1.807) is 6.08 Å². The number of aryl methyl sites for hydroxylation is 1. The molecule has 0 radical (unpaired) electrons. The minimum atomic E-state index is -0.390. The average Bonchev–Trinajstić information content (AvgIpc) is 3.19. The molecule has 3 aromatic carbocycles. The summed E-state index contributed by atoms with van der Waals surface area (Å²) >= 11 is 0. The molecule has 1 amide bonds. The molecule has 5 nitrogen and oxygen atoms in total. The molecular formula is C31H29N3O2. The first-order chi connectivity index (χ1) is 17.5. The van der Waals surface area contributed by atoms with E-state index in [-0.39, 0.29) is 11.6 Å². The number of nitrogens with zero attached hydrogens (tertiary/aromatic N) is 2. The summed E-state index contributed by atoms with van der Waals surface area (Å²) in [5.74, 6) is 0.403. The van der Waals surface area contributed by atoms with E-state index in [1.807, 2.05) is 112 Å². The van der Waals surface area contributed by atoms with E-state index in [0.717, 1.165) is 39.5 Å². The third-order valence-electron chi connectivity index (χ3n) is 6.13. The van der Waals surface area contributed by atoms with E-state index < -0.39 is 5.91 Å². The van der Waals surface area contributed by atoms with Crippen molar-refractivity contribution in [1.82, 2.24) is 9.88 Å². The first-order valence-corrected chi connectivity index (χ1v) is 11.9. The summed E-state index contributed by atoms with van der Waals surface area (Å²) in [7, 11) is 0. The van der Waals surface area contributed by atoms with Crippen LogP contribution in [0.5, 0.6) is 5.75 Å². The molecule has 0 fully saturated rings. The predicted octanol–water partition coefficient (Wildman–Crippen LogP) is 6.46. The summed E-state index contributed by atoms with van der Waals surface area (Å²) in [6.45, 7) is 6.41. The van der Waals surface area contributed by atoms with Gasteiger partial charge in [0.2, 0.25) is 0 Å². The minimum Gasteiger partial charge on any atom is -0.489 e. The van der Waals surface area contributed by atoms with Crippen molar-refractivity contribution in [1.29, 1.82) is 5.26 Å². The molecule has 0 unspecified atom stereocenters. The van der Waals surface area contributed by atoms with Gasteiger partial charge in [0.15, 0.2) is 0 Å². The second kappa shape index (κ2) is 11.2. The van der Waals surface area contributed by atoms with Crippen LogP contribution >= 0.6 is 0 Å². The number of rotatable bonds is 8. The van der Waals surface area contributed by atoms with Crippen molar-refractivity contribution in [2.75, 3.05) is 0 Å². The fraction of sp³-hybridized carbons (Fsp3) is 0.161. The fourth-order valence-electron chi connectivity index (χ4n) is 4.17. The van der Waals surface area contributed by atoms with Gasteiger partial charge in [-0.1, -0.05) is 60.7 Å². The zero-order valence-electron chi connectivity index (χ0n) is 20.7. The summed E-state index contributed by atoms with van der Waals surface area (Å²) in [6, 6.07) is 31.5. The van der Waals surface area contributed by atoms with E-state index in [9.17, 15) is 10.1 Å². The maximum absolute atomic E-state index is 12.8. The minimum absolute atomic E-state index is 0.0719. The van der Waals surface area contributed by atoms with Gasteiger partial charge >= 0.3 is 0 Å². The zero-order valence-corrected chi connectivity index (χ0v) is 20.7. The Morgan fingerprint density at radius 1 is 1.00 bits per heavy atom. The number of nitriles is 1. The maximum atomic E-state index is 12.8. The Balaban J connectivity index is 1.50. The number of ether oxygens (including phenoxy) is 1. The molecule has 0 aliphatic heterocycles. The van der Waals surface area contributed by atoms with Gasteiger partial charge in [-0.15, -0.1) is 0 Å². The van der Waals surface area contributed by atoms with Crippen LogP contribution < -0.4 is 10.1 Å². The largest absolute Gasteiger partial charge is 0.489 e. The van der Waals surface area contributed by atoms with Crippen molar-refractivity contribution in [2.24, 2.45) is 0 Å². The summed E-state index contributed by atoms with van der Waals surface area (Å²) < 4.78 is 8.01. The first-order valence-electron chi connectivity index (χ1n) is 11.9. The maximum Gasteiger partial charge on any atom is 0.262 e. The number of nitrogens with one attached hydrogen (secondary N) is 1.